The summed E-state index contributed by atoms with van der Waals surface area (Å²) in [6.07, 6.45) is 0.123. The number of hydrogen-bond acceptors (Lipinski definition) is 5. The number of nitrogens with two attached hydrogens (primary N) is 2. The van der Waals surface area contributed by atoms with Crippen LogP contribution in [0.2, 0.25) is 0 Å². The molecule has 112 valence electrons. The van der Waals surface area contributed by atoms with Crippen LogP contribution in [0.15, 0.2) is 35.2 Å². The van der Waals surface area contributed by atoms with Crippen LogP contribution in [0.1, 0.15) is 12.8 Å². The van der Waals surface area contributed by atoms with Crippen LogP contribution < -0.4 is 11.5 Å². The molecule has 20 heavy (non-hydrogen) atoms. The summed E-state index contributed by atoms with van der Waals surface area (Å²) in [5, 5.41) is 8.22. The van der Waals surface area contributed by atoms with E-state index >= 15 is 0 Å². The van der Waals surface area contributed by atoms with Crippen molar-refractivity contribution in [2.24, 2.45) is 11.5 Å². The summed E-state index contributed by atoms with van der Waals surface area (Å²) in [7, 11) is -4.00. The molecule has 1 rings (SSSR count). The van der Waals surface area contributed by atoms with Gasteiger partial charge < -0.3 is 16.6 Å². The molecule has 1 amide bonds. The molecule has 0 saturated heterocycles. The highest BCUT2D eigenvalue weighted by Crippen LogP contribution is 2.05. The van der Waals surface area contributed by atoms with Gasteiger partial charge in [-0.3, -0.25) is 14.1 Å². The van der Waals surface area contributed by atoms with Gasteiger partial charge >= 0.3 is 5.97 Å². The molecule has 0 radical (unpaired) electrons. The monoisotopic (exact) mass is 304 g/mol. The molecule has 0 spiro atoms. The zero-order valence-corrected chi connectivity index (χ0v) is 11.3. The van der Waals surface area contributed by atoms with E-state index in [0.29, 0.717) is 0 Å². The summed E-state index contributed by atoms with van der Waals surface area (Å²) in [6.45, 7) is 0. The average Bonchev–Trinajstić information content (AvgIpc) is 2.36. The number of hydrogen-bond donors (Lipinski definition) is 4. The molecule has 9 heteroatoms. The third-order valence-electron chi connectivity index (χ3n) is 2.06. The van der Waals surface area contributed by atoms with Crippen LogP contribution in [-0.4, -0.2) is 36.0 Å². The fraction of sp³-hybridized carbons (Fsp3) is 0.273. The number of aliphatic carboxylic acids is 1. The molecule has 0 aromatic heterocycles. The number of amides is 1. The van der Waals surface area contributed by atoms with Crippen LogP contribution >= 0.6 is 0 Å². The first kappa shape index (κ1) is 18.0. The van der Waals surface area contributed by atoms with Crippen molar-refractivity contribution in [2.75, 3.05) is 0 Å². The molecule has 1 aromatic rings. The molecule has 0 aliphatic rings. The highest BCUT2D eigenvalue weighted by molar-refractivity contribution is 7.85. The van der Waals surface area contributed by atoms with Gasteiger partial charge in [-0.2, -0.15) is 8.42 Å². The number of primary amides is 1. The van der Waals surface area contributed by atoms with E-state index in [1.54, 1.807) is 18.2 Å². The Labute approximate surface area is 116 Å². The van der Waals surface area contributed by atoms with E-state index in [9.17, 15) is 18.0 Å². The number of benzene rings is 1. The summed E-state index contributed by atoms with van der Waals surface area (Å²) in [5.41, 5.74) is 9.81. The molecule has 8 nitrogen and oxygen atoms in total. The maximum Gasteiger partial charge on any atom is 0.320 e. The summed E-state index contributed by atoms with van der Waals surface area (Å²) < 4.78 is 29.2. The topological polar surface area (TPSA) is 161 Å². The molecule has 0 aliphatic heterocycles. The first-order chi connectivity index (χ1) is 9.14. The lowest BCUT2D eigenvalue weighted by atomic mass is 10.2. The van der Waals surface area contributed by atoms with Crippen LogP contribution in [0.3, 0.4) is 0 Å². The average molecular weight is 304 g/mol. The van der Waals surface area contributed by atoms with Crippen molar-refractivity contribution < 1.29 is 27.7 Å². The molecule has 0 saturated carbocycles. The van der Waals surface area contributed by atoms with Crippen molar-refractivity contribution in [3.05, 3.63) is 30.3 Å². The van der Waals surface area contributed by atoms with Gasteiger partial charge in [0.05, 0.1) is 4.90 Å². The standard InChI is InChI=1S/C6H6O3S.C5H10N2O3/c7-10(8,9)6-4-2-1-3-5-6;6-3(5(9)10)1-2-4(7)8/h1-5H,(H,7,8,9);3H,1-2,6H2,(H2,7,8)(H,9,10)/t;3-/m.0/s1. The van der Waals surface area contributed by atoms with Crippen molar-refractivity contribution in [1.29, 1.82) is 0 Å². The summed E-state index contributed by atoms with van der Waals surface area (Å²) in [4.78, 5) is 20.1. The van der Waals surface area contributed by atoms with Crippen molar-refractivity contribution in [3.63, 3.8) is 0 Å². The number of carbonyl (C=O) groups excluding carboxylic acids is 1. The van der Waals surface area contributed by atoms with Crippen LogP contribution in [0.4, 0.5) is 0 Å². The van der Waals surface area contributed by atoms with E-state index in [2.05, 4.69) is 0 Å². The summed E-state index contributed by atoms with van der Waals surface area (Å²) in [5.74, 6) is -1.64. The largest absolute Gasteiger partial charge is 0.480 e. The molecular weight excluding hydrogens is 288 g/mol. The second kappa shape index (κ2) is 8.25. The van der Waals surface area contributed by atoms with Gasteiger partial charge in [0.25, 0.3) is 10.1 Å². The Morgan fingerprint density at radius 2 is 1.70 bits per heavy atom. The predicted molar refractivity (Wildman–Crippen MR) is 70.3 cm³/mol. The van der Waals surface area contributed by atoms with E-state index in [1.807, 2.05) is 0 Å². The summed E-state index contributed by atoms with van der Waals surface area (Å²) >= 11 is 0. The first-order valence-corrected chi connectivity index (χ1v) is 6.88. The van der Waals surface area contributed by atoms with Crippen LogP contribution in [0.25, 0.3) is 0 Å². The molecule has 0 unspecified atom stereocenters. The van der Waals surface area contributed by atoms with Crippen LogP contribution in [-0.2, 0) is 19.7 Å². The zero-order valence-electron chi connectivity index (χ0n) is 10.5. The minimum absolute atomic E-state index is 0.0213. The molecule has 1 aromatic carbocycles. The summed E-state index contributed by atoms with van der Waals surface area (Å²) in [6, 6.07) is 6.44. The number of rotatable bonds is 5. The maximum atomic E-state index is 10.4. The van der Waals surface area contributed by atoms with E-state index < -0.39 is 28.0 Å². The van der Waals surface area contributed by atoms with E-state index in [4.69, 9.17) is 21.1 Å². The van der Waals surface area contributed by atoms with E-state index in [1.165, 1.54) is 12.1 Å². The van der Waals surface area contributed by atoms with Gasteiger partial charge in [0, 0.05) is 6.42 Å². The van der Waals surface area contributed by atoms with Crippen molar-refractivity contribution in [1.82, 2.24) is 0 Å². The Bertz CT molecular complexity index is 543. The highest BCUT2D eigenvalue weighted by atomic mass is 32.2. The molecule has 0 fully saturated rings. The zero-order chi connectivity index (χ0) is 15.8. The van der Waals surface area contributed by atoms with Crippen molar-refractivity contribution in [2.45, 2.75) is 23.8 Å². The Kier molecular flexibility index (Phi) is 7.44. The van der Waals surface area contributed by atoms with Gasteiger partial charge in [0.15, 0.2) is 0 Å². The van der Waals surface area contributed by atoms with Crippen LogP contribution in [0, 0.1) is 0 Å². The third-order valence-corrected chi connectivity index (χ3v) is 2.93. The lowest BCUT2D eigenvalue weighted by Gasteiger charge is -2.01. The molecule has 0 heterocycles. The molecular formula is C11H16N2O6S. The van der Waals surface area contributed by atoms with E-state index in [-0.39, 0.29) is 17.7 Å². The fourth-order valence-electron chi connectivity index (χ4n) is 1.01. The second-order valence-electron chi connectivity index (χ2n) is 3.74. The Morgan fingerprint density at radius 1 is 1.20 bits per heavy atom. The molecule has 1 atom stereocenters. The quantitative estimate of drug-likeness (QED) is 0.538. The lowest BCUT2D eigenvalue weighted by Crippen LogP contribution is -2.31. The van der Waals surface area contributed by atoms with Gasteiger partial charge in [0.1, 0.15) is 6.04 Å². The van der Waals surface area contributed by atoms with Crippen molar-refractivity contribution >= 4 is 22.0 Å². The first-order valence-electron chi connectivity index (χ1n) is 5.44. The minimum Gasteiger partial charge on any atom is -0.480 e. The predicted octanol–water partition coefficient (Wildman–Crippen LogP) is -0.403. The van der Waals surface area contributed by atoms with Crippen LogP contribution in [0.5, 0.6) is 0 Å². The third kappa shape index (κ3) is 8.19. The molecule has 0 bridgehead atoms. The highest BCUT2D eigenvalue weighted by Gasteiger charge is 2.11. The maximum absolute atomic E-state index is 10.4. The smallest absolute Gasteiger partial charge is 0.320 e. The van der Waals surface area contributed by atoms with Crippen molar-refractivity contribution in [3.8, 4) is 0 Å². The van der Waals surface area contributed by atoms with Gasteiger partial charge in [-0.1, -0.05) is 18.2 Å². The van der Waals surface area contributed by atoms with E-state index in [0.717, 1.165) is 0 Å². The molecule has 6 N–H and O–H groups in total. The lowest BCUT2D eigenvalue weighted by molar-refractivity contribution is -0.138. The van der Waals surface area contributed by atoms with Gasteiger partial charge in [-0.05, 0) is 18.6 Å². The number of carboxylic acids is 1. The fourth-order valence-corrected chi connectivity index (χ4v) is 1.51. The Morgan fingerprint density at radius 3 is 2.00 bits per heavy atom. The minimum atomic E-state index is -4.00. The Balaban J connectivity index is 0.000000361. The second-order valence-corrected chi connectivity index (χ2v) is 5.16. The normalized spacial score (nSPS) is 11.9. The van der Waals surface area contributed by atoms with Gasteiger partial charge in [-0.15, -0.1) is 0 Å². The molecule has 0 aliphatic carbocycles. The van der Waals surface area contributed by atoms with Gasteiger partial charge in [-0.25, -0.2) is 0 Å². The Hall–Kier alpha value is -1.97. The SMILES string of the molecule is NC(=O)CC[C@H](N)C(=O)O.O=S(=O)(O)c1ccccc1. The van der Waals surface area contributed by atoms with Gasteiger partial charge in [0.2, 0.25) is 5.91 Å². The number of carbonyl (C=O) groups is 2. The number of carboxylic acid groups (broad SMARTS) is 1.